The predicted molar refractivity (Wildman–Crippen MR) is 183 cm³/mol. The molecule has 0 bridgehead atoms. The summed E-state index contributed by atoms with van der Waals surface area (Å²) in [4.78, 5) is 48.5. The van der Waals surface area contributed by atoms with Crippen LogP contribution in [0.1, 0.15) is 35.5 Å². The van der Waals surface area contributed by atoms with Crippen molar-refractivity contribution >= 4 is 52.6 Å². The lowest BCUT2D eigenvalue weighted by Crippen LogP contribution is -2.43. The lowest BCUT2D eigenvalue weighted by molar-refractivity contribution is -0.0470. The number of aromatic amines is 1. The maximum Gasteiger partial charge on any atom is 0.327 e. The van der Waals surface area contributed by atoms with E-state index in [-0.39, 0.29) is 72.2 Å². The quantitative estimate of drug-likeness (QED) is 0.0939. The maximum absolute atomic E-state index is 16.4. The molecule has 4 N–H and O–H groups in total. The molecule has 2 aliphatic rings. The third-order valence-electron chi connectivity index (χ3n) is 9.09. The number of alkyl halides is 1. The number of aliphatic hydroxyl groups is 2. The Hall–Kier alpha value is -4.58. The number of hydrogen-bond acceptors (Lipinski definition) is 15. The molecule has 5 aromatic rings. The summed E-state index contributed by atoms with van der Waals surface area (Å²) in [6, 6.07) is 10.2. The number of carbonyl (C=O) groups excluding carboxylic acids is 1. The minimum absolute atomic E-state index is 0.0372. The van der Waals surface area contributed by atoms with Gasteiger partial charge in [-0.3, -0.25) is 18.7 Å². The number of hydrogen-bond donors (Lipinski definition) is 4. The van der Waals surface area contributed by atoms with Gasteiger partial charge in [0.15, 0.2) is 40.5 Å². The van der Waals surface area contributed by atoms with Gasteiger partial charge in [-0.05, 0) is 36.3 Å². The molecular formula is C31H32FN10O8PS. The molecular weight excluding hydrogens is 722 g/mol. The normalized spacial score (nSPS) is 25.5. The monoisotopic (exact) mass is 754 g/mol. The number of halogens is 1. The van der Waals surface area contributed by atoms with Crippen molar-refractivity contribution in [3.05, 3.63) is 71.6 Å². The second-order valence-corrected chi connectivity index (χ2v) is 15.0. The molecule has 1 amide bonds. The van der Waals surface area contributed by atoms with Gasteiger partial charge in [0.25, 0.3) is 11.5 Å². The minimum Gasteiger partial charge on any atom is -0.396 e. The Kier molecular flexibility index (Phi) is 10.5. The number of anilines is 1. The Labute approximate surface area is 298 Å². The van der Waals surface area contributed by atoms with E-state index < -0.39 is 43.8 Å². The molecule has 1 aliphatic carbocycles. The van der Waals surface area contributed by atoms with Crippen molar-refractivity contribution < 1.29 is 37.7 Å². The minimum atomic E-state index is -3.79. The van der Waals surface area contributed by atoms with E-state index in [1.165, 1.54) is 29.9 Å². The third kappa shape index (κ3) is 6.85. The Bertz CT molecular complexity index is 2220. The number of ether oxygens (including phenoxy) is 1. The Morgan fingerprint density at radius 1 is 1.10 bits per heavy atom. The molecule has 4 aromatic heterocycles. The van der Waals surface area contributed by atoms with Crippen molar-refractivity contribution in [2.45, 2.75) is 43.5 Å². The van der Waals surface area contributed by atoms with Crippen LogP contribution in [-0.2, 0) is 30.1 Å². The highest BCUT2D eigenvalue weighted by molar-refractivity contribution is 8.07. The number of aromatic nitrogens is 8. The topological polar surface area (TPSA) is 237 Å². The van der Waals surface area contributed by atoms with Gasteiger partial charge in [0.05, 0.1) is 51.3 Å². The first kappa shape index (κ1) is 35.8. The first-order valence-corrected chi connectivity index (χ1v) is 18.7. The van der Waals surface area contributed by atoms with Crippen molar-refractivity contribution in [2.75, 3.05) is 31.7 Å². The fourth-order valence-corrected chi connectivity index (χ4v) is 8.53. The summed E-state index contributed by atoms with van der Waals surface area (Å²) in [6.07, 6.45) is -0.321. The molecule has 1 unspecified atom stereocenters. The molecule has 0 radical (unpaired) electrons. The molecule has 21 heteroatoms. The van der Waals surface area contributed by atoms with Gasteiger partial charge in [-0.1, -0.05) is 18.2 Å². The molecule has 5 heterocycles. The van der Waals surface area contributed by atoms with E-state index in [1.807, 2.05) is 6.07 Å². The van der Waals surface area contributed by atoms with Crippen molar-refractivity contribution in [3.8, 4) is 6.07 Å². The zero-order valence-electron chi connectivity index (χ0n) is 27.1. The van der Waals surface area contributed by atoms with E-state index in [2.05, 4.69) is 35.2 Å². The van der Waals surface area contributed by atoms with Gasteiger partial charge >= 0.3 is 6.72 Å². The molecule has 1 aliphatic heterocycles. The average molecular weight is 755 g/mol. The maximum atomic E-state index is 16.4. The fourth-order valence-electron chi connectivity index (χ4n) is 6.39. The average Bonchev–Trinajstić information content (AvgIpc) is 3.85. The predicted octanol–water partition coefficient (Wildman–Crippen LogP) is 2.17. The van der Waals surface area contributed by atoms with Gasteiger partial charge in [-0.15, -0.1) is 0 Å². The van der Waals surface area contributed by atoms with Crippen LogP contribution in [0.2, 0.25) is 0 Å². The second-order valence-electron chi connectivity index (χ2n) is 12.1. The zero-order chi connectivity index (χ0) is 36.4. The number of fused-ring (bicyclic) bond motifs is 2. The first-order chi connectivity index (χ1) is 25.2. The highest BCUT2D eigenvalue weighted by Crippen LogP contribution is 2.56. The highest BCUT2D eigenvalue weighted by atomic mass is 32.5. The summed E-state index contributed by atoms with van der Waals surface area (Å²) in [7, 11) is 0. The van der Waals surface area contributed by atoms with E-state index in [1.54, 1.807) is 34.9 Å². The van der Waals surface area contributed by atoms with E-state index in [0.29, 0.717) is 17.6 Å². The van der Waals surface area contributed by atoms with Crippen LogP contribution in [0.4, 0.5) is 10.2 Å². The molecule has 18 nitrogen and oxygen atoms in total. The number of rotatable bonds is 14. The van der Waals surface area contributed by atoms with Crippen LogP contribution in [0.15, 0.2) is 60.4 Å². The lowest BCUT2D eigenvalue weighted by atomic mass is 9.70. The van der Waals surface area contributed by atoms with Crippen LogP contribution < -0.4 is 10.9 Å². The van der Waals surface area contributed by atoms with Crippen LogP contribution >= 0.6 is 6.72 Å². The number of H-pyrrole nitrogens is 1. The van der Waals surface area contributed by atoms with Crippen LogP contribution in [0.3, 0.4) is 0 Å². The Morgan fingerprint density at radius 3 is 2.63 bits per heavy atom. The van der Waals surface area contributed by atoms with Gasteiger partial charge in [0, 0.05) is 24.1 Å². The smallest absolute Gasteiger partial charge is 0.327 e. The van der Waals surface area contributed by atoms with E-state index in [0.717, 1.165) is 0 Å². The van der Waals surface area contributed by atoms with E-state index >= 15 is 4.39 Å². The van der Waals surface area contributed by atoms with Crippen molar-refractivity contribution in [1.82, 2.24) is 39.0 Å². The first-order valence-electron chi connectivity index (χ1n) is 16.1. The SMILES string of the molecule is N#CCCOP(=S)(OC[C@H]1C[C@@H](n2cnc3c(=O)[nH]cnc32)[C@@H]1CO)O[C@H]1[C@@H](F)[C@H](n2cnc3c(NC(=O)c4ccccc4)ncnc32)O[C@@H]1CO. The number of benzene rings is 1. The molecule has 0 spiro atoms. The highest BCUT2D eigenvalue weighted by Gasteiger charge is 2.51. The Balaban J connectivity index is 1.07. The van der Waals surface area contributed by atoms with Gasteiger partial charge in [-0.25, -0.2) is 29.3 Å². The van der Waals surface area contributed by atoms with Gasteiger partial charge in [0.1, 0.15) is 18.5 Å². The van der Waals surface area contributed by atoms with Gasteiger partial charge in [0.2, 0.25) is 0 Å². The fraction of sp³-hybridized carbons (Fsp3) is 0.419. The van der Waals surface area contributed by atoms with Crippen molar-refractivity contribution in [1.29, 1.82) is 5.26 Å². The number of nitriles is 1. The number of amides is 1. The van der Waals surface area contributed by atoms with Crippen LogP contribution in [0.25, 0.3) is 22.3 Å². The van der Waals surface area contributed by atoms with Crippen LogP contribution in [0, 0.1) is 23.2 Å². The van der Waals surface area contributed by atoms with Gasteiger partial charge < -0.3 is 38.9 Å². The number of imidazole rings is 2. The van der Waals surface area contributed by atoms with Crippen molar-refractivity contribution in [2.24, 2.45) is 11.8 Å². The zero-order valence-corrected chi connectivity index (χ0v) is 28.8. The largest absolute Gasteiger partial charge is 0.396 e. The number of carbonyl (C=O) groups is 1. The summed E-state index contributed by atoms with van der Waals surface area (Å²) >= 11 is 5.70. The summed E-state index contributed by atoms with van der Waals surface area (Å²) in [5.41, 5.74) is 0.881. The molecule has 7 rings (SSSR count). The summed E-state index contributed by atoms with van der Waals surface area (Å²) in [5, 5.41) is 32.3. The molecule has 8 atom stereocenters. The molecule has 272 valence electrons. The number of nitrogens with zero attached hydrogens (tertiary/aromatic N) is 8. The van der Waals surface area contributed by atoms with E-state index in [4.69, 9.17) is 35.4 Å². The number of aliphatic hydroxyl groups excluding tert-OH is 2. The molecule has 52 heavy (non-hydrogen) atoms. The van der Waals surface area contributed by atoms with Crippen molar-refractivity contribution in [3.63, 3.8) is 0 Å². The summed E-state index contributed by atoms with van der Waals surface area (Å²) < 4.78 is 43.2. The molecule has 1 aromatic carbocycles. The summed E-state index contributed by atoms with van der Waals surface area (Å²) in [6.45, 7) is -4.87. The Morgan fingerprint density at radius 2 is 1.87 bits per heavy atom. The van der Waals surface area contributed by atoms with Gasteiger partial charge in [-0.2, -0.15) is 5.26 Å². The molecule has 2 fully saturated rings. The van der Waals surface area contributed by atoms with Crippen LogP contribution in [0.5, 0.6) is 0 Å². The van der Waals surface area contributed by atoms with E-state index in [9.17, 15) is 19.8 Å². The molecule has 1 saturated carbocycles. The number of nitrogens with one attached hydrogen (secondary N) is 2. The summed E-state index contributed by atoms with van der Waals surface area (Å²) in [5.74, 6) is -0.912. The lowest BCUT2D eigenvalue weighted by Gasteiger charge is -2.44. The standard InChI is InChI=1S/C31H32FN10O8PS/c32-22-25(21(11-44)49-31(22)42-16-38-23-26(34-13-35-27(23)42)40-29(45)17-5-2-1-3-6-17)50-51(52,47-8-4-7-33)48-12-18-9-20(19(18)10-43)41-15-39-24-28(41)36-14-37-30(24)46/h1-3,5-6,13-16,18-22,25,31,43-44H,4,8-12H2,(H,36,37,46)(H,34,35,40,45)/t18-,19-,20-,21-,22-,25-,31-,51?/m1/s1. The third-order valence-corrected chi connectivity index (χ3v) is 11.4. The second kappa shape index (κ2) is 15.2. The molecule has 1 saturated heterocycles. The van der Waals surface area contributed by atoms with Crippen LogP contribution in [-0.4, -0.2) is 100.0 Å².